The van der Waals surface area contributed by atoms with Crippen LogP contribution in [-0.4, -0.2) is 32.5 Å². The molecule has 2 aromatic rings. The molecule has 4 nitrogen and oxygen atoms in total. The molecule has 5 heteroatoms. The van der Waals surface area contributed by atoms with Crippen LogP contribution in [0.4, 0.5) is 0 Å². The predicted octanol–water partition coefficient (Wildman–Crippen LogP) is 5.61. The summed E-state index contributed by atoms with van der Waals surface area (Å²) in [5.74, 6) is 1.92. The van der Waals surface area contributed by atoms with Gasteiger partial charge in [0.15, 0.2) is 0 Å². The minimum atomic E-state index is -0.387. The maximum atomic E-state index is 6.52. The Morgan fingerprint density at radius 2 is 1.31 bits per heavy atom. The summed E-state index contributed by atoms with van der Waals surface area (Å²) in [7, 11) is 3.04. The van der Waals surface area contributed by atoms with Gasteiger partial charge in [0.25, 0.3) is 0 Å². The quantitative estimate of drug-likeness (QED) is 0.570. The van der Waals surface area contributed by atoms with Gasteiger partial charge < -0.3 is 18.8 Å². The van der Waals surface area contributed by atoms with Gasteiger partial charge in [0.05, 0.1) is 25.4 Å². The van der Waals surface area contributed by atoms with E-state index in [-0.39, 0.29) is 30.1 Å². The maximum Gasteiger partial charge on any atom is 0.466 e. The van der Waals surface area contributed by atoms with Gasteiger partial charge in [-0.2, -0.15) is 0 Å². The fourth-order valence-electron chi connectivity index (χ4n) is 4.03. The Morgan fingerprint density at radius 3 is 1.79 bits per heavy atom. The zero-order valence-corrected chi connectivity index (χ0v) is 18.7. The first-order chi connectivity index (χ1) is 13.7. The summed E-state index contributed by atoms with van der Waals surface area (Å²) in [6.07, 6.45) is 0.944. The second kappa shape index (κ2) is 8.41. The van der Waals surface area contributed by atoms with Crippen molar-refractivity contribution < 1.29 is 18.8 Å². The Labute approximate surface area is 175 Å². The van der Waals surface area contributed by atoms with Crippen LogP contribution in [0.5, 0.6) is 11.5 Å². The molecule has 1 aliphatic rings. The van der Waals surface area contributed by atoms with Crippen LogP contribution in [0.1, 0.15) is 63.9 Å². The average molecular weight is 396 g/mol. The first-order valence-electron chi connectivity index (χ1n) is 10.4. The van der Waals surface area contributed by atoms with Gasteiger partial charge in [-0.15, -0.1) is 0 Å². The second-order valence-corrected chi connectivity index (χ2v) is 8.72. The van der Waals surface area contributed by atoms with E-state index >= 15 is 0 Å². The summed E-state index contributed by atoms with van der Waals surface area (Å²) in [5, 5.41) is 0. The van der Waals surface area contributed by atoms with Crippen molar-refractivity contribution in [3.63, 3.8) is 0 Å². The smallest absolute Gasteiger partial charge is 0.466 e. The highest BCUT2D eigenvalue weighted by atomic mass is 16.7. The molecule has 0 aromatic heterocycles. The highest BCUT2D eigenvalue weighted by molar-refractivity contribution is 6.48. The molecule has 0 aliphatic carbocycles. The third-order valence-corrected chi connectivity index (χ3v) is 6.44. The summed E-state index contributed by atoms with van der Waals surface area (Å²) in [4.78, 5) is 0. The summed E-state index contributed by atoms with van der Waals surface area (Å²) in [5.41, 5.74) is 1.59. The lowest BCUT2D eigenvalue weighted by molar-refractivity contribution is 0.00578. The van der Waals surface area contributed by atoms with Crippen LogP contribution in [0, 0.1) is 0 Å². The first-order valence-corrected chi connectivity index (χ1v) is 10.4. The number of benzene rings is 2. The van der Waals surface area contributed by atoms with E-state index in [0.29, 0.717) is 0 Å². The zero-order chi connectivity index (χ0) is 21.2. The van der Waals surface area contributed by atoms with Crippen molar-refractivity contribution in [2.75, 3.05) is 14.2 Å². The Morgan fingerprint density at radius 1 is 0.828 bits per heavy atom. The van der Waals surface area contributed by atoms with Crippen LogP contribution in [0.2, 0.25) is 0 Å². The van der Waals surface area contributed by atoms with Crippen molar-refractivity contribution in [2.45, 2.75) is 64.0 Å². The number of hydrogen-bond donors (Lipinski definition) is 0. The van der Waals surface area contributed by atoms with Crippen molar-refractivity contribution in [2.24, 2.45) is 0 Å². The summed E-state index contributed by atoms with van der Waals surface area (Å²) in [6, 6.07) is 16.5. The van der Waals surface area contributed by atoms with Crippen molar-refractivity contribution in [3.05, 3.63) is 59.7 Å². The third-order valence-electron chi connectivity index (χ3n) is 6.44. The molecule has 2 aromatic carbocycles. The van der Waals surface area contributed by atoms with Gasteiger partial charge in [0.1, 0.15) is 11.5 Å². The van der Waals surface area contributed by atoms with Crippen LogP contribution in [-0.2, 0) is 9.31 Å². The fraction of sp³-hybridized carbons (Fsp3) is 0.500. The highest BCUT2D eigenvalue weighted by Gasteiger charge is 2.55. The fourth-order valence-corrected chi connectivity index (χ4v) is 4.03. The van der Waals surface area contributed by atoms with E-state index in [9.17, 15) is 0 Å². The van der Waals surface area contributed by atoms with Crippen LogP contribution in [0.25, 0.3) is 0 Å². The minimum Gasteiger partial charge on any atom is -0.497 e. The molecule has 0 bridgehead atoms. The van der Waals surface area contributed by atoms with Gasteiger partial charge in [-0.25, -0.2) is 0 Å². The second-order valence-electron chi connectivity index (χ2n) is 8.72. The molecule has 0 amide bonds. The van der Waals surface area contributed by atoms with E-state index in [4.69, 9.17) is 18.8 Å². The van der Waals surface area contributed by atoms with E-state index in [1.165, 1.54) is 5.56 Å². The van der Waals surface area contributed by atoms with E-state index < -0.39 is 0 Å². The van der Waals surface area contributed by atoms with E-state index in [2.05, 4.69) is 58.9 Å². The Balaban J connectivity index is 2.08. The van der Waals surface area contributed by atoms with Gasteiger partial charge in [-0.1, -0.05) is 31.2 Å². The summed E-state index contributed by atoms with van der Waals surface area (Å²) < 4.78 is 24.0. The maximum absolute atomic E-state index is 6.52. The molecule has 1 heterocycles. The normalized spacial score (nSPS) is 19.6. The molecule has 1 saturated heterocycles. The summed E-state index contributed by atoms with van der Waals surface area (Å²) >= 11 is 0. The van der Waals surface area contributed by atoms with Crippen LogP contribution in [0.3, 0.4) is 0 Å². The Bertz CT molecular complexity index is 817. The van der Waals surface area contributed by atoms with Crippen LogP contribution >= 0.6 is 0 Å². The molecule has 0 N–H and O–H groups in total. The topological polar surface area (TPSA) is 36.9 Å². The van der Waals surface area contributed by atoms with E-state index in [1.807, 2.05) is 24.3 Å². The molecule has 29 heavy (non-hydrogen) atoms. The first kappa shape index (κ1) is 21.7. The lowest BCUT2D eigenvalue weighted by Gasteiger charge is -2.32. The molecule has 2 unspecified atom stereocenters. The van der Waals surface area contributed by atoms with Gasteiger partial charge in [-0.3, -0.25) is 0 Å². The number of methoxy groups -OCH3 is 2. The predicted molar refractivity (Wildman–Crippen MR) is 118 cm³/mol. The van der Waals surface area contributed by atoms with Crippen LogP contribution in [0.15, 0.2) is 48.5 Å². The summed E-state index contributed by atoms with van der Waals surface area (Å²) in [6.45, 7) is 10.6. The van der Waals surface area contributed by atoms with Crippen molar-refractivity contribution in [1.29, 1.82) is 0 Å². The van der Waals surface area contributed by atoms with Gasteiger partial charge in [-0.05, 0) is 75.4 Å². The standard InChI is InChI=1S/C24H33BO4/c1-8-21(17-11-9-13-19(15-17)26-6)22(18-12-10-14-20(16-18)27-7)25-28-23(2,3)24(4,5)29-25/h9-16,21-22H,8H2,1-7H3. The van der Waals surface area contributed by atoms with Gasteiger partial charge >= 0.3 is 7.12 Å². The third kappa shape index (κ3) is 4.31. The molecule has 1 aliphatic heterocycles. The van der Waals surface area contributed by atoms with Crippen molar-refractivity contribution >= 4 is 7.12 Å². The Kier molecular flexibility index (Phi) is 6.30. The molecule has 2 atom stereocenters. The van der Waals surface area contributed by atoms with Gasteiger partial charge in [0.2, 0.25) is 0 Å². The largest absolute Gasteiger partial charge is 0.497 e. The SMILES string of the molecule is CCC(c1cccc(OC)c1)C(B1OC(C)(C)C(C)(C)O1)c1cccc(OC)c1. The minimum absolute atomic E-state index is 0.0169. The lowest BCUT2D eigenvalue weighted by atomic mass is 9.59. The zero-order valence-electron chi connectivity index (χ0n) is 18.7. The molecule has 3 rings (SSSR count). The highest BCUT2D eigenvalue weighted by Crippen LogP contribution is 2.47. The number of hydrogen-bond acceptors (Lipinski definition) is 4. The van der Waals surface area contributed by atoms with E-state index in [0.717, 1.165) is 23.5 Å². The molecular formula is C24H33BO4. The lowest BCUT2D eigenvalue weighted by Crippen LogP contribution is -2.41. The monoisotopic (exact) mass is 396 g/mol. The van der Waals surface area contributed by atoms with Crippen molar-refractivity contribution in [3.8, 4) is 11.5 Å². The molecule has 156 valence electrons. The van der Waals surface area contributed by atoms with Crippen LogP contribution < -0.4 is 9.47 Å². The number of ether oxygens (including phenoxy) is 2. The molecule has 0 radical (unpaired) electrons. The molecule has 0 saturated carbocycles. The van der Waals surface area contributed by atoms with Gasteiger partial charge in [0, 0.05) is 5.82 Å². The number of rotatable bonds is 7. The molecular weight excluding hydrogens is 363 g/mol. The molecule has 0 spiro atoms. The average Bonchev–Trinajstić information content (AvgIpc) is 2.92. The molecule has 1 fully saturated rings. The van der Waals surface area contributed by atoms with E-state index in [1.54, 1.807) is 14.2 Å². The van der Waals surface area contributed by atoms with Crippen molar-refractivity contribution in [1.82, 2.24) is 0 Å². The Hall–Kier alpha value is -1.98.